The summed E-state index contributed by atoms with van der Waals surface area (Å²) in [6, 6.07) is 9.66. The number of pyridine rings is 2. The van der Waals surface area contributed by atoms with Gasteiger partial charge in [0.25, 0.3) is 0 Å². The van der Waals surface area contributed by atoms with Crippen LogP contribution < -0.4 is 9.64 Å². The van der Waals surface area contributed by atoms with Crippen molar-refractivity contribution in [2.45, 2.75) is 6.92 Å². The van der Waals surface area contributed by atoms with Gasteiger partial charge in [-0.1, -0.05) is 0 Å². The van der Waals surface area contributed by atoms with E-state index in [4.69, 9.17) is 10.00 Å². The van der Waals surface area contributed by atoms with Crippen LogP contribution in [0.15, 0.2) is 36.7 Å². The molecule has 0 saturated carbocycles. The third-order valence-corrected chi connectivity index (χ3v) is 3.51. The van der Waals surface area contributed by atoms with E-state index in [1.165, 1.54) is 0 Å². The highest BCUT2D eigenvalue weighted by Gasteiger charge is 2.30. The molecule has 3 rings (SSSR count). The smallest absolute Gasteiger partial charge is 0.146 e. The molecule has 0 atom stereocenters. The highest BCUT2D eigenvalue weighted by Crippen LogP contribution is 2.26. The Balaban J connectivity index is 1.56. The second kappa shape index (κ2) is 5.80. The van der Waals surface area contributed by atoms with E-state index < -0.39 is 0 Å². The predicted molar refractivity (Wildman–Crippen MR) is 79.1 cm³/mol. The third kappa shape index (κ3) is 2.95. The van der Waals surface area contributed by atoms with Gasteiger partial charge in [0.15, 0.2) is 0 Å². The average Bonchev–Trinajstić information content (AvgIpc) is 2.47. The molecule has 1 aliphatic rings. The van der Waals surface area contributed by atoms with Crippen LogP contribution in [0.2, 0.25) is 0 Å². The zero-order valence-electron chi connectivity index (χ0n) is 11.9. The first kappa shape index (κ1) is 13.4. The van der Waals surface area contributed by atoms with E-state index in [9.17, 15) is 0 Å². The summed E-state index contributed by atoms with van der Waals surface area (Å²) < 4.78 is 5.70. The SMILES string of the molecule is Cc1ccc(C#N)c(N2CC(COc3cccnc3)C2)n1. The number of aromatic nitrogens is 2. The number of rotatable bonds is 4. The summed E-state index contributed by atoms with van der Waals surface area (Å²) in [6.45, 7) is 4.33. The molecular formula is C16H16N4O. The van der Waals surface area contributed by atoms with Crippen LogP contribution in [-0.2, 0) is 0 Å². The zero-order valence-corrected chi connectivity index (χ0v) is 11.9. The van der Waals surface area contributed by atoms with Crippen LogP contribution in [0.5, 0.6) is 5.75 Å². The Kier molecular flexibility index (Phi) is 3.69. The van der Waals surface area contributed by atoms with Gasteiger partial charge in [0.1, 0.15) is 17.6 Å². The Morgan fingerprint density at radius 1 is 1.38 bits per heavy atom. The fraction of sp³-hybridized carbons (Fsp3) is 0.312. The Morgan fingerprint density at radius 3 is 2.95 bits per heavy atom. The first-order valence-corrected chi connectivity index (χ1v) is 6.92. The number of hydrogen-bond acceptors (Lipinski definition) is 5. The van der Waals surface area contributed by atoms with Gasteiger partial charge in [0, 0.05) is 30.9 Å². The molecular weight excluding hydrogens is 264 g/mol. The summed E-state index contributed by atoms with van der Waals surface area (Å²) in [7, 11) is 0. The van der Waals surface area contributed by atoms with Gasteiger partial charge in [0.2, 0.25) is 0 Å². The first-order chi connectivity index (χ1) is 10.3. The van der Waals surface area contributed by atoms with Crippen molar-refractivity contribution >= 4 is 5.82 Å². The van der Waals surface area contributed by atoms with Crippen LogP contribution in [0.4, 0.5) is 5.82 Å². The third-order valence-electron chi connectivity index (χ3n) is 3.51. The molecule has 1 saturated heterocycles. The van der Waals surface area contributed by atoms with Crippen molar-refractivity contribution in [3.8, 4) is 11.8 Å². The fourth-order valence-electron chi connectivity index (χ4n) is 2.37. The summed E-state index contributed by atoms with van der Waals surface area (Å²) >= 11 is 0. The molecule has 1 aliphatic heterocycles. The van der Waals surface area contributed by atoms with Gasteiger partial charge in [-0.15, -0.1) is 0 Å². The number of aryl methyl sites for hydroxylation is 1. The van der Waals surface area contributed by atoms with E-state index >= 15 is 0 Å². The lowest BCUT2D eigenvalue weighted by molar-refractivity contribution is 0.219. The van der Waals surface area contributed by atoms with Gasteiger partial charge < -0.3 is 9.64 Å². The van der Waals surface area contributed by atoms with Crippen molar-refractivity contribution < 1.29 is 4.74 Å². The standard InChI is InChI=1S/C16H16N4O/c1-12-4-5-14(7-17)16(19-12)20-9-13(10-20)11-21-15-3-2-6-18-8-15/h2-6,8,13H,9-11H2,1H3. The highest BCUT2D eigenvalue weighted by molar-refractivity contribution is 5.55. The van der Waals surface area contributed by atoms with Crippen molar-refractivity contribution in [2.75, 3.05) is 24.6 Å². The number of anilines is 1. The Labute approximate surface area is 123 Å². The molecule has 2 aromatic heterocycles. The molecule has 106 valence electrons. The Bertz CT molecular complexity index is 660. The van der Waals surface area contributed by atoms with Gasteiger partial charge in [-0.05, 0) is 31.2 Å². The molecule has 0 aromatic carbocycles. The second-order valence-corrected chi connectivity index (χ2v) is 5.21. The van der Waals surface area contributed by atoms with Crippen LogP contribution in [0, 0.1) is 24.2 Å². The van der Waals surface area contributed by atoms with E-state index in [-0.39, 0.29) is 0 Å². The number of nitriles is 1. The largest absolute Gasteiger partial charge is 0.492 e. The van der Waals surface area contributed by atoms with Crippen molar-refractivity contribution in [1.29, 1.82) is 5.26 Å². The Hall–Kier alpha value is -2.61. The minimum atomic E-state index is 0.457. The van der Waals surface area contributed by atoms with Gasteiger partial charge in [-0.3, -0.25) is 4.98 Å². The molecule has 21 heavy (non-hydrogen) atoms. The normalized spacial score (nSPS) is 14.4. The van der Waals surface area contributed by atoms with Crippen molar-refractivity contribution in [3.05, 3.63) is 47.9 Å². The molecule has 0 radical (unpaired) electrons. The van der Waals surface area contributed by atoms with Crippen molar-refractivity contribution in [2.24, 2.45) is 5.92 Å². The predicted octanol–water partition coefficient (Wildman–Crippen LogP) is 2.17. The molecule has 0 spiro atoms. The molecule has 0 unspecified atom stereocenters. The molecule has 0 aliphatic carbocycles. The molecule has 0 bridgehead atoms. The van der Waals surface area contributed by atoms with E-state index in [0.717, 1.165) is 30.4 Å². The quantitative estimate of drug-likeness (QED) is 0.859. The van der Waals surface area contributed by atoms with Crippen LogP contribution in [0.25, 0.3) is 0 Å². The average molecular weight is 280 g/mol. The number of ether oxygens (including phenoxy) is 1. The van der Waals surface area contributed by atoms with Crippen LogP contribution >= 0.6 is 0 Å². The zero-order chi connectivity index (χ0) is 14.7. The minimum Gasteiger partial charge on any atom is -0.492 e. The van der Waals surface area contributed by atoms with E-state index in [1.807, 2.05) is 31.2 Å². The summed E-state index contributed by atoms with van der Waals surface area (Å²) in [6.07, 6.45) is 3.44. The van der Waals surface area contributed by atoms with E-state index in [0.29, 0.717) is 18.1 Å². The maximum atomic E-state index is 9.15. The van der Waals surface area contributed by atoms with E-state index in [2.05, 4.69) is 20.9 Å². The number of nitrogens with zero attached hydrogens (tertiary/aromatic N) is 4. The monoisotopic (exact) mass is 280 g/mol. The molecule has 1 fully saturated rings. The lowest BCUT2D eigenvalue weighted by Crippen LogP contribution is -2.50. The van der Waals surface area contributed by atoms with Gasteiger partial charge in [0.05, 0.1) is 18.4 Å². The second-order valence-electron chi connectivity index (χ2n) is 5.21. The van der Waals surface area contributed by atoms with Gasteiger partial charge >= 0.3 is 0 Å². The summed E-state index contributed by atoms with van der Waals surface area (Å²) in [5.74, 6) is 2.04. The lowest BCUT2D eigenvalue weighted by atomic mass is 10.0. The molecule has 2 aromatic rings. The number of hydrogen-bond donors (Lipinski definition) is 0. The maximum absolute atomic E-state index is 9.15. The minimum absolute atomic E-state index is 0.457. The van der Waals surface area contributed by atoms with Crippen LogP contribution in [0.3, 0.4) is 0 Å². The van der Waals surface area contributed by atoms with Gasteiger partial charge in [-0.2, -0.15) is 5.26 Å². The molecule has 5 nitrogen and oxygen atoms in total. The van der Waals surface area contributed by atoms with Crippen LogP contribution in [-0.4, -0.2) is 29.7 Å². The highest BCUT2D eigenvalue weighted by atomic mass is 16.5. The maximum Gasteiger partial charge on any atom is 0.146 e. The molecule has 0 N–H and O–H groups in total. The molecule has 3 heterocycles. The fourth-order valence-corrected chi connectivity index (χ4v) is 2.37. The summed E-state index contributed by atoms with van der Waals surface area (Å²) in [4.78, 5) is 10.6. The van der Waals surface area contributed by atoms with Crippen molar-refractivity contribution in [3.63, 3.8) is 0 Å². The summed E-state index contributed by atoms with van der Waals surface area (Å²) in [5, 5.41) is 9.15. The molecule has 0 amide bonds. The van der Waals surface area contributed by atoms with Crippen LogP contribution in [0.1, 0.15) is 11.3 Å². The molecule has 5 heteroatoms. The van der Waals surface area contributed by atoms with Crippen molar-refractivity contribution in [1.82, 2.24) is 9.97 Å². The van der Waals surface area contributed by atoms with E-state index in [1.54, 1.807) is 12.4 Å². The Morgan fingerprint density at radius 2 is 2.24 bits per heavy atom. The summed E-state index contributed by atoms with van der Waals surface area (Å²) in [5.41, 5.74) is 1.56. The first-order valence-electron chi connectivity index (χ1n) is 6.92. The van der Waals surface area contributed by atoms with Gasteiger partial charge in [-0.25, -0.2) is 4.98 Å². The topological polar surface area (TPSA) is 62.0 Å². The lowest BCUT2D eigenvalue weighted by Gasteiger charge is -2.40.